The number of aryl methyl sites for hydroxylation is 1. The van der Waals surface area contributed by atoms with Crippen LogP contribution in [0, 0.1) is 0 Å². The molecule has 2 saturated carbocycles. The molecular formula is C64H56N2OS. The van der Waals surface area contributed by atoms with Crippen molar-refractivity contribution < 1.29 is 4.42 Å². The Kier molecular flexibility index (Phi) is 8.86. The van der Waals surface area contributed by atoms with Gasteiger partial charge in [0.2, 0.25) is 0 Å². The van der Waals surface area contributed by atoms with Gasteiger partial charge in [-0.3, -0.25) is 5.32 Å². The monoisotopic (exact) mass is 900 g/mol. The quantitative estimate of drug-likeness (QED) is 0.185. The van der Waals surface area contributed by atoms with E-state index in [4.69, 9.17) is 4.42 Å². The molecule has 8 aromatic rings. The lowest BCUT2D eigenvalue weighted by Gasteiger charge is -2.37. The highest BCUT2D eigenvalue weighted by Crippen LogP contribution is 2.62. The van der Waals surface area contributed by atoms with Gasteiger partial charge in [-0.25, -0.2) is 0 Å². The molecule has 6 aliphatic carbocycles. The Balaban J connectivity index is 0.815. The van der Waals surface area contributed by atoms with Crippen LogP contribution in [0.4, 0.5) is 0 Å². The van der Waals surface area contributed by atoms with Crippen LogP contribution >= 0.6 is 11.3 Å². The summed E-state index contributed by atoms with van der Waals surface area (Å²) in [6.07, 6.45) is 29.3. The van der Waals surface area contributed by atoms with Crippen molar-refractivity contribution in [2.75, 3.05) is 0 Å². The summed E-state index contributed by atoms with van der Waals surface area (Å²) < 4.78 is 7.79. The Bertz CT molecular complexity index is 3560. The molecule has 0 amide bonds. The number of benzene rings is 6. The second-order valence-corrected chi connectivity index (χ2v) is 22.2. The summed E-state index contributed by atoms with van der Waals surface area (Å²) in [7, 11) is 0. The molecule has 2 spiro atoms. The fourth-order valence-electron chi connectivity index (χ4n) is 14.5. The number of rotatable bonds is 4. The van der Waals surface area contributed by atoms with Crippen molar-refractivity contribution in [3.05, 3.63) is 189 Å². The number of para-hydroxylation sites is 1. The van der Waals surface area contributed by atoms with Crippen molar-refractivity contribution in [1.82, 2.24) is 10.6 Å². The minimum Gasteiger partial charge on any atom is -0.456 e. The minimum absolute atomic E-state index is 0.00237. The first-order valence-corrected chi connectivity index (χ1v) is 26.7. The van der Waals surface area contributed by atoms with Crippen molar-refractivity contribution in [3.63, 3.8) is 0 Å². The highest BCUT2D eigenvalue weighted by molar-refractivity contribution is 7.20. The molecule has 1 aliphatic heterocycles. The van der Waals surface area contributed by atoms with E-state index >= 15 is 0 Å². The van der Waals surface area contributed by atoms with Gasteiger partial charge in [0.15, 0.2) is 0 Å². The Morgan fingerprint density at radius 3 is 2.07 bits per heavy atom. The number of nitrogens with one attached hydrogen (secondary N) is 2. The van der Waals surface area contributed by atoms with Gasteiger partial charge in [0.1, 0.15) is 17.3 Å². The maximum Gasteiger partial charge on any atom is 0.136 e. The van der Waals surface area contributed by atoms with Crippen LogP contribution in [-0.2, 0) is 17.3 Å². The summed E-state index contributed by atoms with van der Waals surface area (Å²) >= 11 is 1.98. The topological polar surface area (TPSA) is 37.2 Å². The van der Waals surface area contributed by atoms with E-state index in [1.54, 1.807) is 22.3 Å². The fourth-order valence-corrected chi connectivity index (χ4v) is 15.8. The maximum atomic E-state index is 6.40. The third-order valence-corrected chi connectivity index (χ3v) is 18.9. The summed E-state index contributed by atoms with van der Waals surface area (Å²) in [4.78, 5) is 1.44. The normalized spacial score (nSPS) is 21.8. The molecule has 68 heavy (non-hydrogen) atoms. The van der Waals surface area contributed by atoms with Crippen molar-refractivity contribution in [2.45, 2.75) is 113 Å². The molecule has 2 unspecified atom stereocenters. The number of fused-ring (bicyclic) bond motifs is 16. The van der Waals surface area contributed by atoms with E-state index in [-0.39, 0.29) is 23.0 Å². The van der Waals surface area contributed by atoms with Crippen LogP contribution in [-0.4, -0.2) is 12.2 Å². The van der Waals surface area contributed by atoms with Crippen LogP contribution in [0.2, 0.25) is 0 Å². The van der Waals surface area contributed by atoms with Crippen molar-refractivity contribution in [2.24, 2.45) is 0 Å². The summed E-state index contributed by atoms with van der Waals surface area (Å²) in [6.45, 7) is 0. The fraction of sp³-hybridized carbons (Fsp3) is 0.281. The Morgan fingerprint density at radius 1 is 0.544 bits per heavy atom. The van der Waals surface area contributed by atoms with Crippen molar-refractivity contribution >= 4 is 54.6 Å². The average molecular weight is 901 g/mol. The molecule has 2 atom stereocenters. The van der Waals surface area contributed by atoms with Crippen LogP contribution in [0.3, 0.4) is 0 Å². The lowest BCUT2D eigenvalue weighted by Crippen LogP contribution is -2.51. The SMILES string of the molecule is C1=CC(C2NC(c3ccc4c(c3)oc3ccccc34)=CC(C3=CCCc4c3sc3ccc(-c5ccc6c(c5)-c5cc7c(cc5C65CCCCC5)-c5ccccc5C75CCCCC5)cc43)N2)=CCC1. The number of thiophene rings is 1. The molecule has 7 aliphatic rings. The van der Waals surface area contributed by atoms with Gasteiger partial charge >= 0.3 is 0 Å². The molecular weight excluding hydrogens is 845 g/mol. The molecule has 6 aromatic carbocycles. The predicted molar refractivity (Wildman–Crippen MR) is 284 cm³/mol. The zero-order valence-corrected chi connectivity index (χ0v) is 39.5. The first kappa shape index (κ1) is 39.8. The van der Waals surface area contributed by atoms with E-state index in [0.29, 0.717) is 0 Å². The van der Waals surface area contributed by atoms with E-state index < -0.39 is 0 Å². The van der Waals surface area contributed by atoms with Gasteiger partial charge in [-0.05, 0) is 184 Å². The van der Waals surface area contributed by atoms with Gasteiger partial charge in [0, 0.05) is 42.4 Å². The molecule has 15 rings (SSSR count). The second kappa shape index (κ2) is 15.1. The van der Waals surface area contributed by atoms with E-state index in [1.165, 1.54) is 135 Å². The Morgan fingerprint density at radius 2 is 1.25 bits per heavy atom. The molecule has 3 nitrogen and oxygen atoms in total. The second-order valence-electron chi connectivity index (χ2n) is 21.1. The number of furan rings is 1. The van der Waals surface area contributed by atoms with E-state index in [1.807, 2.05) is 11.3 Å². The molecule has 0 bridgehead atoms. The van der Waals surface area contributed by atoms with Gasteiger partial charge in [-0.2, -0.15) is 0 Å². The van der Waals surface area contributed by atoms with Crippen LogP contribution in [0.25, 0.3) is 76.7 Å². The number of allylic oxidation sites excluding steroid dienone is 3. The molecule has 334 valence electrons. The van der Waals surface area contributed by atoms with Gasteiger partial charge in [-0.15, -0.1) is 11.3 Å². The summed E-state index contributed by atoms with van der Waals surface area (Å²) in [5.41, 5.74) is 23.8. The minimum atomic E-state index is -0.00237. The Labute approximate surface area is 403 Å². The smallest absolute Gasteiger partial charge is 0.136 e. The van der Waals surface area contributed by atoms with Crippen LogP contribution < -0.4 is 10.6 Å². The maximum absolute atomic E-state index is 6.40. The molecule has 0 saturated heterocycles. The van der Waals surface area contributed by atoms with E-state index in [9.17, 15) is 0 Å². The molecule has 2 aromatic heterocycles. The van der Waals surface area contributed by atoms with Gasteiger partial charge in [-0.1, -0.05) is 130 Å². The van der Waals surface area contributed by atoms with E-state index in [2.05, 4.69) is 156 Å². The lowest BCUT2D eigenvalue weighted by atomic mass is 9.66. The molecule has 3 heterocycles. The van der Waals surface area contributed by atoms with Crippen LogP contribution in [0.1, 0.15) is 122 Å². The third kappa shape index (κ3) is 5.80. The largest absolute Gasteiger partial charge is 0.456 e. The molecule has 2 N–H and O–H groups in total. The van der Waals surface area contributed by atoms with Gasteiger partial charge in [0.25, 0.3) is 0 Å². The molecule has 0 radical (unpaired) electrons. The molecule has 2 fully saturated rings. The third-order valence-electron chi connectivity index (χ3n) is 17.7. The van der Waals surface area contributed by atoms with Gasteiger partial charge in [0.05, 0.1) is 6.04 Å². The van der Waals surface area contributed by atoms with Crippen molar-refractivity contribution in [3.8, 4) is 33.4 Å². The first-order chi connectivity index (χ1) is 33.6. The zero-order valence-electron chi connectivity index (χ0n) is 38.7. The predicted octanol–water partition coefficient (Wildman–Crippen LogP) is 16.5. The standard InChI is InChI=1S/C64H56N2OS/c1-4-15-39(16-5-1)62-65-56(42-23-26-45-44-18-7-9-22-58(44)67-59(45)35-42)38-57(66-62)47-20-14-19-46-51-34-41(25-28-60(51)68-61(46)47)40-24-27-53-48(33-40)50-37-54-49(36-55(50)64(53)31-12-3-13-32-64)43-17-6-8-21-52(43)63(54)29-10-2-11-30-63/h4,6-9,15-18,20-28,33-38,57,62,65-66H,1-3,5,10-14,19,29-32H2. The summed E-state index contributed by atoms with van der Waals surface area (Å²) in [5.74, 6) is 0. The van der Waals surface area contributed by atoms with Crippen LogP contribution in [0.15, 0.2) is 156 Å². The average Bonchev–Trinajstić information content (AvgIpc) is 4.12. The number of hydrogen-bond acceptors (Lipinski definition) is 4. The number of hydrogen-bond donors (Lipinski definition) is 2. The molecule has 4 heteroatoms. The first-order valence-electron chi connectivity index (χ1n) is 25.8. The summed E-state index contributed by atoms with van der Waals surface area (Å²) in [6, 6.07) is 45.1. The Hall–Kier alpha value is -6.20. The highest BCUT2D eigenvalue weighted by Gasteiger charge is 2.49. The lowest BCUT2D eigenvalue weighted by molar-refractivity contribution is 0.350. The van der Waals surface area contributed by atoms with Crippen molar-refractivity contribution in [1.29, 1.82) is 0 Å². The zero-order chi connectivity index (χ0) is 44.6. The highest BCUT2D eigenvalue weighted by atomic mass is 32.1. The van der Waals surface area contributed by atoms with E-state index in [0.717, 1.165) is 53.5 Å². The van der Waals surface area contributed by atoms with Crippen LogP contribution in [0.5, 0.6) is 0 Å². The van der Waals surface area contributed by atoms with Gasteiger partial charge < -0.3 is 9.73 Å². The summed E-state index contributed by atoms with van der Waals surface area (Å²) in [5, 5.41) is 11.8.